The summed E-state index contributed by atoms with van der Waals surface area (Å²) in [5.74, 6) is 1.55. The Balaban J connectivity index is 1.37. The molecule has 4 rings (SSSR count). The number of rotatable bonds is 10. The van der Waals surface area contributed by atoms with E-state index >= 15 is 0 Å². The fraction of sp³-hybridized carbons (Fsp3) is 0.280. The number of carbonyl (C=O) groups is 1. The van der Waals surface area contributed by atoms with Crippen molar-refractivity contribution in [3.63, 3.8) is 0 Å². The molecule has 3 aromatic heterocycles. The van der Waals surface area contributed by atoms with Gasteiger partial charge in [-0.3, -0.25) is 14.4 Å². The number of amides is 1. The van der Waals surface area contributed by atoms with Gasteiger partial charge in [0.25, 0.3) is 0 Å². The average molecular weight is 433 g/mol. The number of furan rings is 2. The zero-order chi connectivity index (χ0) is 22.3. The highest BCUT2D eigenvalue weighted by atomic mass is 16.3. The Labute approximate surface area is 187 Å². The van der Waals surface area contributed by atoms with Crippen LogP contribution in [0.1, 0.15) is 34.0 Å². The lowest BCUT2D eigenvalue weighted by Crippen LogP contribution is -2.36. The van der Waals surface area contributed by atoms with E-state index < -0.39 is 0 Å². The van der Waals surface area contributed by atoms with Crippen molar-refractivity contribution in [1.82, 2.24) is 20.0 Å². The summed E-state index contributed by atoms with van der Waals surface area (Å²) in [6.45, 7) is 6.46. The summed E-state index contributed by atoms with van der Waals surface area (Å²) < 4.78 is 12.9. The molecule has 1 amide bonds. The second-order valence-electron chi connectivity index (χ2n) is 7.87. The van der Waals surface area contributed by atoms with Crippen molar-refractivity contribution in [2.45, 2.75) is 40.0 Å². The van der Waals surface area contributed by atoms with Crippen LogP contribution in [0.5, 0.6) is 0 Å². The third-order valence-corrected chi connectivity index (χ3v) is 5.46. The van der Waals surface area contributed by atoms with Gasteiger partial charge < -0.3 is 14.2 Å². The number of aromatic nitrogens is 2. The highest BCUT2D eigenvalue weighted by Crippen LogP contribution is 2.15. The monoisotopic (exact) mass is 432 g/mol. The highest BCUT2D eigenvalue weighted by molar-refractivity contribution is 5.78. The molecule has 166 valence electrons. The summed E-state index contributed by atoms with van der Waals surface area (Å²) in [5, 5.41) is 7.73. The molecular weight excluding hydrogens is 404 g/mol. The number of hydrogen-bond acceptors (Lipinski definition) is 5. The van der Waals surface area contributed by atoms with Crippen molar-refractivity contribution in [2.75, 3.05) is 6.54 Å². The third kappa shape index (κ3) is 5.56. The molecule has 0 saturated heterocycles. The molecular formula is C25H28N4O3. The Morgan fingerprint density at radius 1 is 0.969 bits per heavy atom. The summed E-state index contributed by atoms with van der Waals surface area (Å²) in [5.41, 5.74) is 4.24. The van der Waals surface area contributed by atoms with Gasteiger partial charge in [0.05, 0.1) is 44.4 Å². The van der Waals surface area contributed by atoms with Crippen molar-refractivity contribution in [1.29, 1.82) is 0 Å². The molecule has 0 aliphatic rings. The standard InChI is InChI=1S/C25H28N4O3/c1-19-24(20(2)29(27-19)15-21-8-4-3-5-9-21)14-26-25(30)18-28(16-22-10-6-12-31-22)17-23-11-7-13-32-23/h3-13H,14-18H2,1-2H3,(H,26,30). The van der Waals surface area contributed by atoms with E-state index in [0.29, 0.717) is 26.2 Å². The van der Waals surface area contributed by atoms with Crippen molar-refractivity contribution in [2.24, 2.45) is 0 Å². The molecule has 0 atom stereocenters. The number of hydrogen-bond donors (Lipinski definition) is 1. The molecule has 4 aromatic rings. The van der Waals surface area contributed by atoms with Crippen LogP contribution in [-0.4, -0.2) is 27.1 Å². The molecule has 0 unspecified atom stereocenters. The zero-order valence-corrected chi connectivity index (χ0v) is 18.5. The number of nitrogens with one attached hydrogen (secondary N) is 1. The van der Waals surface area contributed by atoms with Crippen molar-refractivity contribution < 1.29 is 13.6 Å². The van der Waals surface area contributed by atoms with Crippen LogP contribution in [0.4, 0.5) is 0 Å². The van der Waals surface area contributed by atoms with Gasteiger partial charge in [-0.25, -0.2) is 0 Å². The van der Waals surface area contributed by atoms with Crippen molar-refractivity contribution >= 4 is 5.91 Å². The minimum Gasteiger partial charge on any atom is -0.468 e. The summed E-state index contributed by atoms with van der Waals surface area (Å²) in [6.07, 6.45) is 3.28. The molecule has 1 N–H and O–H groups in total. The third-order valence-electron chi connectivity index (χ3n) is 5.46. The van der Waals surface area contributed by atoms with Crippen LogP contribution in [0.3, 0.4) is 0 Å². The van der Waals surface area contributed by atoms with Crippen LogP contribution in [0, 0.1) is 13.8 Å². The van der Waals surface area contributed by atoms with Gasteiger partial charge >= 0.3 is 0 Å². The zero-order valence-electron chi connectivity index (χ0n) is 18.5. The van der Waals surface area contributed by atoms with E-state index in [-0.39, 0.29) is 12.5 Å². The van der Waals surface area contributed by atoms with Crippen LogP contribution in [-0.2, 0) is 31.0 Å². The predicted octanol–water partition coefficient (Wildman–Crippen LogP) is 4.05. The Morgan fingerprint density at radius 2 is 1.62 bits per heavy atom. The number of nitrogens with zero attached hydrogens (tertiary/aromatic N) is 3. The van der Waals surface area contributed by atoms with Crippen LogP contribution in [0.15, 0.2) is 76.0 Å². The number of carbonyl (C=O) groups excluding carboxylic acids is 1. The molecule has 0 radical (unpaired) electrons. The van der Waals surface area contributed by atoms with Gasteiger partial charge in [-0.1, -0.05) is 30.3 Å². The highest BCUT2D eigenvalue weighted by Gasteiger charge is 2.17. The van der Waals surface area contributed by atoms with Gasteiger partial charge in [0.15, 0.2) is 0 Å². The molecule has 0 aliphatic carbocycles. The molecule has 0 saturated carbocycles. The van der Waals surface area contributed by atoms with E-state index in [4.69, 9.17) is 8.83 Å². The maximum absolute atomic E-state index is 12.8. The van der Waals surface area contributed by atoms with E-state index in [2.05, 4.69) is 22.5 Å². The minimum atomic E-state index is -0.0577. The fourth-order valence-corrected chi connectivity index (χ4v) is 3.76. The van der Waals surface area contributed by atoms with Gasteiger partial charge in [-0.15, -0.1) is 0 Å². The molecule has 0 aliphatic heterocycles. The van der Waals surface area contributed by atoms with E-state index in [1.54, 1.807) is 12.5 Å². The Morgan fingerprint density at radius 3 is 2.22 bits per heavy atom. The molecule has 0 bridgehead atoms. The summed E-state index contributed by atoms with van der Waals surface area (Å²) in [7, 11) is 0. The predicted molar refractivity (Wildman–Crippen MR) is 121 cm³/mol. The van der Waals surface area contributed by atoms with Gasteiger partial charge in [-0.05, 0) is 43.7 Å². The van der Waals surface area contributed by atoms with Gasteiger partial charge in [0, 0.05) is 17.8 Å². The summed E-state index contributed by atoms with van der Waals surface area (Å²) in [4.78, 5) is 14.8. The van der Waals surface area contributed by atoms with Gasteiger partial charge in [-0.2, -0.15) is 5.10 Å². The largest absolute Gasteiger partial charge is 0.468 e. The van der Waals surface area contributed by atoms with Gasteiger partial charge in [0.1, 0.15) is 11.5 Å². The van der Waals surface area contributed by atoms with Crippen LogP contribution < -0.4 is 5.32 Å². The van der Waals surface area contributed by atoms with Crippen LogP contribution in [0.2, 0.25) is 0 Å². The van der Waals surface area contributed by atoms with Gasteiger partial charge in [0.2, 0.25) is 5.91 Å². The second-order valence-corrected chi connectivity index (χ2v) is 7.87. The maximum Gasteiger partial charge on any atom is 0.234 e. The van der Waals surface area contributed by atoms with Crippen LogP contribution >= 0.6 is 0 Å². The first kappa shape index (κ1) is 21.6. The SMILES string of the molecule is Cc1nn(Cc2ccccc2)c(C)c1CNC(=O)CN(Cc1ccco1)Cc1ccco1. The molecule has 32 heavy (non-hydrogen) atoms. The molecule has 3 heterocycles. The summed E-state index contributed by atoms with van der Waals surface area (Å²) in [6, 6.07) is 17.7. The lowest BCUT2D eigenvalue weighted by Gasteiger charge is -2.19. The topological polar surface area (TPSA) is 76.4 Å². The first-order chi connectivity index (χ1) is 15.6. The summed E-state index contributed by atoms with van der Waals surface area (Å²) >= 11 is 0. The van der Waals surface area contributed by atoms with Crippen LogP contribution in [0.25, 0.3) is 0 Å². The Bertz CT molecular complexity index is 1080. The van der Waals surface area contributed by atoms with E-state index in [9.17, 15) is 4.79 Å². The lowest BCUT2D eigenvalue weighted by atomic mass is 10.2. The van der Waals surface area contributed by atoms with E-state index in [0.717, 1.165) is 28.5 Å². The second kappa shape index (κ2) is 10.2. The molecule has 7 nitrogen and oxygen atoms in total. The minimum absolute atomic E-state index is 0.0577. The van der Waals surface area contributed by atoms with E-state index in [1.165, 1.54) is 5.56 Å². The molecule has 1 aromatic carbocycles. The van der Waals surface area contributed by atoms with Crippen molar-refractivity contribution in [3.8, 4) is 0 Å². The Hall–Kier alpha value is -3.58. The van der Waals surface area contributed by atoms with Crippen molar-refractivity contribution in [3.05, 3.63) is 101 Å². The molecule has 0 spiro atoms. The molecule has 0 fully saturated rings. The lowest BCUT2D eigenvalue weighted by molar-refractivity contribution is -0.122. The number of benzene rings is 1. The normalized spacial score (nSPS) is 11.2. The van der Waals surface area contributed by atoms with E-state index in [1.807, 2.05) is 65.9 Å². The Kier molecular flexibility index (Phi) is 6.87. The number of aryl methyl sites for hydroxylation is 1. The first-order valence-electron chi connectivity index (χ1n) is 10.7. The first-order valence-corrected chi connectivity index (χ1v) is 10.7. The quantitative estimate of drug-likeness (QED) is 0.409. The smallest absolute Gasteiger partial charge is 0.234 e. The maximum atomic E-state index is 12.8. The fourth-order valence-electron chi connectivity index (χ4n) is 3.76. The molecule has 7 heteroatoms. The average Bonchev–Trinajstić information content (AvgIpc) is 3.52.